The first-order valence-electron chi connectivity index (χ1n) is 3.52. The highest BCUT2D eigenvalue weighted by atomic mass is 32.2. The Balaban J connectivity index is 4.25. The van der Waals surface area contributed by atoms with Gasteiger partial charge in [-0.25, -0.2) is 0 Å². The zero-order chi connectivity index (χ0) is 10.5. The molecular formula is C8H11F3OS. The number of halogens is 3. The van der Waals surface area contributed by atoms with Crippen molar-refractivity contribution in [3.8, 4) is 0 Å². The molecule has 0 saturated heterocycles. The van der Waals surface area contributed by atoms with Gasteiger partial charge in [0.2, 0.25) is 0 Å². The first kappa shape index (κ1) is 12.6. The van der Waals surface area contributed by atoms with Crippen molar-refractivity contribution < 1.29 is 18.3 Å². The Morgan fingerprint density at radius 3 is 2.46 bits per heavy atom. The van der Waals surface area contributed by atoms with Crippen molar-refractivity contribution in [1.82, 2.24) is 0 Å². The second-order valence-electron chi connectivity index (χ2n) is 2.33. The van der Waals surface area contributed by atoms with E-state index in [2.05, 4.69) is 6.58 Å². The lowest BCUT2D eigenvalue weighted by Gasteiger charge is -2.14. The Morgan fingerprint density at radius 2 is 2.15 bits per heavy atom. The van der Waals surface area contributed by atoms with Crippen molar-refractivity contribution in [3.05, 3.63) is 23.6 Å². The monoisotopic (exact) mass is 212 g/mol. The van der Waals surface area contributed by atoms with Gasteiger partial charge in [-0.2, -0.15) is 13.2 Å². The maximum absolute atomic E-state index is 11.9. The Labute approximate surface area is 79.3 Å². The average Bonchev–Trinajstić information content (AvgIpc) is 2.01. The van der Waals surface area contributed by atoms with Crippen molar-refractivity contribution in [2.24, 2.45) is 0 Å². The zero-order valence-corrected chi connectivity index (χ0v) is 7.95. The summed E-state index contributed by atoms with van der Waals surface area (Å²) in [6.07, 6.45) is -2.73. The molecule has 0 fully saturated rings. The quantitative estimate of drug-likeness (QED) is 0.723. The molecule has 1 N–H and O–H groups in total. The molecule has 0 rings (SSSR count). The summed E-state index contributed by atoms with van der Waals surface area (Å²) in [5, 5.41) is 8.70. The first-order valence-corrected chi connectivity index (χ1v) is 4.74. The number of rotatable bonds is 4. The maximum Gasteiger partial charge on any atom is 0.414 e. The number of thioether (sulfide) groups is 1. The summed E-state index contributed by atoms with van der Waals surface area (Å²) in [6, 6.07) is 0. The highest BCUT2D eigenvalue weighted by Crippen LogP contribution is 2.28. The van der Waals surface area contributed by atoms with Gasteiger partial charge in [0.15, 0.2) is 6.10 Å². The molecule has 0 aliphatic heterocycles. The van der Waals surface area contributed by atoms with Crippen LogP contribution in [0.5, 0.6) is 0 Å². The van der Waals surface area contributed by atoms with E-state index in [0.717, 1.165) is 0 Å². The third kappa shape index (κ3) is 5.00. The van der Waals surface area contributed by atoms with Gasteiger partial charge in [-0.15, -0.1) is 11.8 Å². The van der Waals surface area contributed by atoms with Gasteiger partial charge < -0.3 is 5.11 Å². The maximum atomic E-state index is 11.9. The summed E-state index contributed by atoms with van der Waals surface area (Å²) >= 11 is 1.17. The minimum absolute atomic E-state index is 0.406. The predicted octanol–water partition coefficient (Wildman–Crippen LogP) is 2.73. The largest absolute Gasteiger partial charge is 0.414 e. The smallest absolute Gasteiger partial charge is 0.383 e. The van der Waals surface area contributed by atoms with Crippen LogP contribution in [-0.2, 0) is 0 Å². The van der Waals surface area contributed by atoms with E-state index in [9.17, 15) is 13.2 Å². The van der Waals surface area contributed by atoms with E-state index < -0.39 is 18.7 Å². The van der Waals surface area contributed by atoms with Crippen LogP contribution in [0.2, 0.25) is 0 Å². The molecule has 0 aromatic rings. The molecule has 0 heterocycles. The third-order valence-corrected chi connectivity index (χ3v) is 2.17. The standard InChI is InChI=1S/C8H11F3OS/c1-3-4-6(13-2)5-7(12)8(9,10)11/h3-4,7,12H,1,5H2,2H3/b6-4+. The van der Waals surface area contributed by atoms with Gasteiger partial charge in [0.1, 0.15) is 0 Å². The van der Waals surface area contributed by atoms with Crippen LogP contribution >= 0.6 is 11.8 Å². The predicted molar refractivity (Wildman–Crippen MR) is 48.5 cm³/mol. The van der Waals surface area contributed by atoms with Crippen molar-refractivity contribution >= 4 is 11.8 Å². The van der Waals surface area contributed by atoms with Crippen molar-refractivity contribution in [2.75, 3.05) is 6.26 Å². The van der Waals surface area contributed by atoms with E-state index >= 15 is 0 Å². The number of aliphatic hydroxyl groups excluding tert-OH is 1. The van der Waals surface area contributed by atoms with Crippen LogP contribution in [0.15, 0.2) is 23.6 Å². The third-order valence-electron chi connectivity index (χ3n) is 1.34. The molecule has 5 heteroatoms. The van der Waals surface area contributed by atoms with Gasteiger partial charge in [-0.05, 0) is 11.2 Å². The number of hydrogen-bond donors (Lipinski definition) is 1. The molecule has 0 aliphatic carbocycles. The molecule has 13 heavy (non-hydrogen) atoms. The van der Waals surface area contributed by atoms with Crippen molar-refractivity contribution in [3.63, 3.8) is 0 Å². The lowest BCUT2D eigenvalue weighted by atomic mass is 10.2. The Morgan fingerprint density at radius 1 is 1.62 bits per heavy atom. The molecule has 0 radical (unpaired) electrons. The van der Waals surface area contributed by atoms with E-state index in [4.69, 9.17) is 5.11 Å². The molecule has 0 saturated carbocycles. The van der Waals surface area contributed by atoms with E-state index in [1.165, 1.54) is 23.9 Å². The SMILES string of the molecule is C=C/C=C(\CC(O)C(F)(F)F)SC. The van der Waals surface area contributed by atoms with Crippen LogP contribution in [0.4, 0.5) is 13.2 Å². The molecule has 1 atom stereocenters. The van der Waals surface area contributed by atoms with Crippen molar-refractivity contribution in [1.29, 1.82) is 0 Å². The van der Waals surface area contributed by atoms with Gasteiger partial charge in [-0.3, -0.25) is 0 Å². The lowest BCUT2D eigenvalue weighted by Crippen LogP contribution is -2.28. The van der Waals surface area contributed by atoms with E-state index in [1.807, 2.05) is 0 Å². The highest BCUT2D eigenvalue weighted by molar-refractivity contribution is 8.02. The minimum atomic E-state index is -4.55. The minimum Gasteiger partial charge on any atom is -0.383 e. The number of alkyl halides is 3. The van der Waals surface area contributed by atoms with Crippen LogP contribution in [0.25, 0.3) is 0 Å². The molecular weight excluding hydrogens is 201 g/mol. The Kier molecular flexibility index (Phi) is 5.17. The van der Waals surface area contributed by atoms with E-state index in [-0.39, 0.29) is 0 Å². The second-order valence-corrected chi connectivity index (χ2v) is 3.27. The molecule has 1 unspecified atom stereocenters. The molecule has 0 aliphatic rings. The van der Waals surface area contributed by atoms with Gasteiger partial charge in [0.25, 0.3) is 0 Å². The Bertz CT molecular complexity index is 198. The van der Waals surface area contributed by atoms with Gasteiger partial charge in [0.05, 0.1) is 0 Å². The van der Waals surface area contributed by atoms with Crippen LogP contribution in [0.3, 0.4) is 0 Å². The molecule has 76 valence electrons. The van der Waals surface area contributed by atoms with Crippen LogP contribution in [0, 0.1) is 0 Å². The van der Waals surface area contributed by atoms with Crippen LogP contribution in [-0.4, -0.2) is 23.6 Å². The summed E-state index contributed by atoms with van der Waals surface area (Å²) in [5.74, 6) is 0. The summed E-state index contributed by atoms with van der Waals surface area (Å²) < 4.78 is 35.6. The molecule has 0 aromatic carbocycles. The second kappa shape index (κ2) is 5.34. The molecule has 1 nitrogen and oxygen atoms in total. The lowest BCUT2D eigenvalue weighted by molar-refractivity contribution is -0.202. The molecule has 0 bridgehead atoms. The number of aliphatic hydroxyl groups is 1. The number of hydrogen-bond acceptors (Lipinski definition) is 2. The summed E-state index contributed by atoms with van der Waals surface area (Å²) in [4.78, 5) is 0.458. The van der Waals surface area contributed by atoms with Crippen LogP contribution in [0.1, 0.15) is 6.42 Å². The fourth-order valence-corrected chi connectivity index (χ4v) is 1.21. The highest BCUT2D eigenvalue weighted by Gasteiger charge is 2.38. The average molecular weight is 212 g/mol. The van der Waals surface area contributed by atoms with E-state index in [1.54, 1.807) is 6.26 Å². The van der Waals surface area contributed by atoms with Gasteiger partial charge in [0, 0.05) is 6.42 Å². The molecule has 0 aromatic heterocycles. The fraction of sp³-hybridized carbons (Fsp3) is 0.500. The summed E-state index contributed by atoms with van der Waals surface area (Å²) in [7, 11) is 0. The normalized spacial score (nSPS) is 15.6. The van der Waals surface area contributed by atoms with Crippen LogP contribution < -0.4 is 0 Å². The summed E-state index contributed by atoms with van der Waals surface area (Å²) in [5.41, 5.74) is 0. The molecule has 0 spiro atoms. The Hall–Kier alpha value is -0.420. The van der Waals surface area contributed by atoms with Gasteiger partial charge >= 0.3 is 6.18 Å². The summed E-state index contributed by atoms with van der Waals surface area (Å²) in [6.45, 7) is 3.37. The topological polar surface area (TPSA) is 20.2 Å². The number of allylic oxidation sites excluding steroid dienone is 2. The first-order chi connectivity index (χ1) is 5.91. The van der Waals surface area contributed by atoms with E-state index in [0.29, 0.717) is 4.91 Å². The van der Waals surface area contributed by atoms with Crippen molar-refractivity contribution in [2.45, 2.75) is 18.7 Å². The zero-order valence-electron chi connectivity index (χ0n) is 7.14. The fourth-order valence-electron chi connectivity index (χ4n) is 0.657. The van der Waals surface area contributed by atoms with Gasteiger partial charge in [-0.1, -0.05) is 18.7 Å². The molecule has 0 amide bonds.